The van der Waals surface area contributed by atoms with Crippen molar-refractivity contribution in [1.29, 1.82) is 0 Å². The van der Waals surface area contributed by atoms with Crippen molar-refractivity contribution in [2.24, 2.45) is 11.3 Å². The maximum absolute atomic E-state index is 12.7. The fraction of sp³-hybridized carbons (Fsp3) is 0.611. The molecule has 2 atom stereocenters. The molecular weight excluding hydrogens is 296 g/mol. The molecule has 2 aliphatic rings. The van der Waals surface area contributed by atoms with Crippen LogP contribution in [0.2, 0.25) is 5.02 Å². The van der Waals surface area contributed by atoms with E-state index in [1.54, 1.807) is 0 Å². The van der Waals surface area contributed by atoms with E-state index < -0.39 is 0 Å². The zero-order chi connectivity index (χ0) is 15.7. The minimum atomic E-state index is -0.170. The van der Waals surface area contributed by atoms with Gasteiger partial charge in [0, 0.05) is 17.6 Å². The number of carbonyl (C=O) groups is 1. The molecule has 1 heterocycles. The second-order valence-electron chi connectivity index (χ2n) is 7.19. The summed E-state index contributed by atoms with van der Waals surface area (Å²) in [6, 6.07) is 8.21. The third-order valence-electron chi connectivity index (χ3n) is 5.22. The fourth-order valence-electron chi connectivity index (χ4n) is 3.52. The van der Waals surface area contributed by atoms with E-state index in [0.29, 0.717) is 12.0 Å². The van der Waals surface area contributed by atoms with E-state index in [1.165, 1.54) is 5.56 Å². The highest BCUT2D eigenvalue weighted by Crippen LogP contribution is 2.49. The number of piperidine rings is 1. The molecule has 1 saturated heterocycles. The number of rotatable bonds is 4. The van der Waals surface area contributed by atoms with Crippen molar-refractivity contribution in [3.8, 4) is 0 Å². The van der Waals surface area contributed by atoms with Gasteiger partial charge in [-0.25, -0.2) is 0 Å². The van der Waals surface area contributed by atoms with Gasteiger partial charge < -0.3 is 10.2 Å². The Morgan fingerprint density at radius 1 is 1.36 bits per heavy atom. The van der Waals surface area contributed by atoms with Crippen LogP contribution in [0.25, 0.3) is 0 Å². The number of nitrogens with one attached hydrogen (secondary N) is 1. The standard InChI is InChI=1S/C18H25ClN2O/c1-13-12-21(2)10-7-16(13)20-17(22)18(8-9-18)11-14-3-5-15(19)6-4-14/h3-6,13,16H,7-12H2,1-2H3,(H,20,22)/t13-,16-/m0/s1. The third-order valence-corrected chi connectivity index (χ3v) is 5.47. The first-order valence-corrected chi connectivity index (χ1v) is 8.60. The maximum Gasteiger partial charge on any atom is 0.226 e. The van der Waals surface area contributed by atoms with Crippen LogP contribution in [0.5, 0.6) is 0 Å². The molecule has 0 unspecified atom stereocenters. The minimum absolute atomic E-state index is 0.170. The number of benzene rings is 1. The van der Waals surface area contributed by atoms with Crippen molar-refractivity contribution in [2.45, 2.75) is 38.6 Å². The van der Waals surface area contributed by atoms with E-state index in [0.717, 1.165) is 43.8 Å². The summed E-state index contributed by atoms with van der Waals surface area (Å²) in [5.41, 5.74) is 1.03. The molecule has 3 nitrogen and oxygen atoms in total. The zero-order valence-corrected chi connectivity index (χ0v) is 14.2. The average molecular weight is 321 g/mol. The lowest BCUT2D eigenvalue weighted by Crippen LogP contribution is -2.50. The molecule has 120 valence electrons. The minimum Gasteiger partial charge on any atom is -0.353 e. The van der Waals surface area contributed by atoms with Crippen LogP contribution in [0.3, 0.4) is 0 Å². The monoisotopic (exact) mass is 320 g/mol. The van der Waals surface area contributed by atoms with Gasteiger partial charge in [0.05, 0.1) is 5.41 Å². The normalized spacial score (nSPS) is 27.4. The van der Waals surface area contributed by atoms with Crippen LogP contribution in [0.15, 0.2) is 24.3 Å². The Morgan fingerprint density at radius 2 is 2.05 bits per heavy atom. The van der Waals surface area contributed by atoms with Crippen LogP contribution in [0.1, 0.15) is 31.7 Å². The number of halogens is 1. The number of amides is 1. The van der Waals surface area contributed by atoms with Crippen LogP contribution in [0.4, 0.5) is 0 Å². The van der Waals surface area contributed by atoms with Crippen LogP contribution in [-0.4, -0.2) is 37.0 Å². The Bertz CT molecular complexity index is 539. The lowest BCUT2D eigenvalue weighted by atomic mass is 9.91. The molecule has 4 heteroatoms. The molecule has 1 N–H and O–H groups in total. The van der Waals surface area contributed by atoms with Crippen molar-refractivity contribution in [3.05, 3.63) is 34.9 Å². The number of nitrogens with zero attached hydrogens (tertiary/aromatic N) is 1. The van der Waals surface area contributed by atoms with E-state index in [1.807, 2.05) is 24.3 Å². The Kier molecular flexibility index (Phi) is 4.47. The Morgan fingerprint density at radius 3 is 2.64 bits per heavy atom. The first kappa shape index (κ1) is 15.8. The SMILES string of the molecule is C[C@H]1CN(C)CC[C@@H]1NC(=O)C1(Cc2ccc(Cl)cc2)CC1. The van der Waals surface area contributed by atoms with Crippen molar-refractivity contribution in [1.82, 2.24) is 10.2 Å². The average Bonchev–Trinajstić information content (AvgIpc) is 3.25. The molecule has 3 rings (SSSR count). The van der Waals surface area contributed by atoms with Gasteiger partial charge in [-0.1, -0.05) is 30.7 Å². The van der Waals surface area contributed by atoms with E-state index in [2.05, 4.69) is 24.2 Å². The van der Waals surface area contributed by atoms with Gasteiger partial charge in [0.15, 0.2) is 0 Å². The molecule has 1 saturated carbocycles. The van der Waals surface area contributed by atoms with Crippen molar-refractivity contribution < 1.29 is 4.79 Å². The zero-order valence-electron chi connectivity index (χ0n) is 13.4. The molecule has 1 amide bonds. The highest BCUT2D eigenvalue weighted by atomic mass is 35.5. The van der Waals surface area contributed by atoms with Gasteiger partial charge in [0.1, 0.15) is 0 Å². The quantitative estimate of drug-likeness (QED) is 0.924. The summed E-state index contributed by atoms with van der Waals surface area (Å²) in [6.45, 7) is 4.37. The molecule has 1 aromatic carbocycles. The topological polar surface area (TPSA) is 32.3 Å². The molecule has 0 radical (unpaired) electrons. The maximum atomic E-state index is 12.7. The highest BCUT2D eigenvalue weighted by molar-refractivity contribution is 6.30. The largest absolute Gasteiger partial charge is 0.353 e. The molecule has 22 heavy (non-hydrogen) atoms. The summed E-state index contributed by atoms with van der Waals surface area (Å²) >= 11 is 5.93. The first-order chi connectivity index (χ1) is 10.5. The second kappa shape index (κ2) is 6.21. The molecule has 1 aromatic rings. The number of carbonyl (C=O) groups excluding carboxylic acids is 1. The smallest absolute Gasteiger partial charge is 0.226 e. The highest BCUT2D eigenvalue weighted by Gasteiger charge is 2.50. The van der Waals surface area contributed by atoms with E-state index in [-0.39, 0.29) is 11.3 Å². The summed E-state index contributed by atoms with van der Waals surface area (Å²) < 4.78 is 0. The van der Waals surface area contributed by atoms with E-state index >= 15 is 0 Å². The van der Waals surface area contributed by atoms with Gasteiger partial charge in [-0.2, -0.15) is 0 Å². The number of likely N-dealkylation sites (tertiary alicyclic amines) is 1. The van der Waals surface area contributed by atoms with Crippen LogP contribution >= 0.6 is 11.6 Å². The Balaban J connectivity index is 1.60. The molecule has 0 spiro atoms. The van der Waals surface area contributed by atoms with Gasteiger partial charge in [-0.15, -0.1) is 0 Å². The lowest BCUT2D eigenvalue weighted by Gasteiger charge is -2.36. The third kappa shape index (κ3) is 3.47. The number of hydrogen-bond donors (Lipinski definition) is 1. The van der Waals surface area contributed by atoms with Crippen molar-refractivity contribution in [2.75, 3.05) is 20.1 Å². The molecule has 0 aromatic heterocycles. The van der Waals surface area contributed by atoms with Gasteiger partial charge in [-0.3, -0.25) is 4.79 Å². The molecule has 0 bridgehead atoms. The Labute approximate surface area is 138 Å². The second-order valence-corrected chi connectivity index (χ2v) is 7.63. The summed E-state index contributed by atoms with van der Waals surface area (Å²) in [6.07, 6.45) is 3.89. The Hall–Kier alpha value is -1.06. The van der Waals surface area contributed by atoms with Crippen LogP contribution < -0.4 is 5.32 Å². The van der Waals surface area contributed by atoms with Crippen LogP contribution in [-0.2, 0) is 11.2 Å². The summed E-state index contributed by atoms with van der Waals surface area (Å²) in [5.74, 6) is 0.776. The summed E-state index contributed by atoms with van der Waals surface area (Å²) in [4.78, 5) is 15.1. The number of hydrogen-bond acceptors (Lipinski definition) is 2. The molecule has 2 fully saturated rings. The van der Waals surface area contributed by atoms with Gasteiger partial charge >= 0.3 is 0 Å². The van der Waals surface area contributed by atoms with E-state index in [9.17, 15) is 4.79 Å². The molecular formula is C18H25ClN2O. The van der Waals surface area contributed by atoms with E-state index in [4.69, 9.17) is 11.6 Å². The molecule has 1 aliphatic heterocycles. The fourth-order valence-corrected chi connectivity index (χ4v) is 3.64. The summed E-state index contributed by atoms with van der Waals surface area (Å²) in [7, 11) is 2.15. The first-order valence-electron chi connectivity index (χ1n) is 8.22. The predicted octanol–water partition coefficient (Wildman–Crippen LogP) is 3.12. The predicted molar refractivity (Wildman–Crippen MR) is 90.0 cm³/mol. The van der Waals surface area contributed by atoms with Crippen molar-refractivity contribution >= 4 is 17.5 Å². The van der Waals surface area contributed by atoms with Crippen molar-refractivity contribution in [3.63, 3.8) is 0 Å². The lowest BCUT2D eigenvalue weighted by molar-refractivity contribution is -0.127. The van der Waals surface area contributed by atoms with Gasteiger partial charge in [-0.05, 0) is 62.9 Å². The summed E-state index contributed by atoms with van der Waals surface area (Å²) in [5, 5.41) is 4.08. The van der Waals surface area contributed by atoms with Crippen LogP contribution in [0, 0.1) is 11.3 Å². The molecule has 1 aliphatic carbocycles. The van der Waals surface area contributed by atoms with Gasteiger partial charge in [0.2, 0.25) is 5.91 Å². The van der Waals surface area contributed by atoms with Gasteiger partial charge in [0.25, 0.3) is 0 Å².